The molecule has 1 unspecified atom stereocenters. The molecule has 1 aliphatic heterocycles. The predicted octanol–water partition coefficient (Wildman–Crippen LogP) is 10.5. The van der Waals surface area contributed by atoms with Gasteiger partial charge in [-0.2, -0.15) is 0 Å². The van der Waals surface area contributed by atoms with Gasteiger partial charge in [-0.15, -0.1) is 0 Å². The number of alkyl carbamates (subject to hydrolysis) is 1. The molecule has 1 N–H and O–H groups in total. The van der Waals surface area contributed by atoms with Gasteiger partial charge in [-0.1, -0.05) is 116 Å². The standard InChI is InChI=1S/C45H78N2O8/c1-5-8-11-13-15-20-31-51-44(52-32-21-16-14-12-9-6-2)26-25-43(49)54-37-40-34-38(4)33-39(35-40)36-53-42(48)24-23-41(22-17-10-7-3)55-45(50)46-27-30-47-28-18-19-29-47/h33-35,41,44H,5-32,36-37H2,1-4H3,(H,46,50). The number of unbranched alkanes of at least 4 members (excludes halogenated alkanes) is 12. The number of ether oxygens (including phenoxy) is 5. The summed E-state index contributed by atoms with van der Waals surface area (Å²) >= 11 is 0. The van der Waals surface area contributed by atoms with Crippen molar-refractivity contribution in [2.45, 2.75) is 195 Å². The van der Waals surface area contributed by atoms with Gasteiger partial charge < -0.3 is 33.9 Å². The van der Waals surface area contributed by atoms with Gasteiger partial charge >= 0.3 is 18.0 Å². The predicted molar refractivity (Wildman–Crippen MR) is 220 cm³/mol. The van der Waals surface area contributed by atoms with Crippen molar-refractivity contribution in [3.8, 4) is 0 Å². The molecular formula is C45H78N2O8. The molecule has 0 saturated carbocycles. The highest BCUT2D eigenvalue weighted by molar-refractivity contribution is 5.70. The normalized spacial score (nSPS) is 13.6. The topological polar surface area (TPSA) is 113 Å². The minimum atomic E-state index is -0.421. The lowest BCUT2D eigenvalue weighted by Crippen LogP contribution is -2.35. The second-order valence-corrected chi connectivity index (χ2v) is 15.4. The summed E-state index contributed by atoms with van der Waals surface area (Å²) in [5.74, 6) is -0.623. The third kappa shape index (κ3) is 26.0. The molecule has 10 heteroatoms. The Kier molecular flexibility index (Phi) is 28.5. The maximum atomic E-state index is 12.8. The van der Waals surface area contributed by atoms with Crippen LogP contribution in [0.5, 0.6) is 0 Å². The molecule has 1 aliphatic rings. The fourth-order valence-electron chi connectivity index (χ4n) is 6.91. The van der Waals surface area contributed by atoms with Crippen molar-refractivity contribution >= 4 is 18.0 Å². The summed E-state index contributed by atoms with van der Waals surface area (Å²) in [4.78, 5) is 40.4. The first kappa shape index (κ1) is 48.5. The van der Waals surface area contributed by atoms with Crippen LogP contribution in [0.15, 0.2) is 18.2 Å². The van der Waals surface area contributed by atoms with E-state index in [9.17, 15) is 14.4 Å². The molecule has 0 aliphatic carbocycles. The summed E-state index contributed by atoms with van der Waals surface area (Å²) in [6.45, 7) is 13.7. The van der Waals surface area contributed by atoms with E-state index in [4.69, 9.17) is 23.7 Å². The maximum Gasteiger partial charge on any atom is 0.407 e. The van der Waals surface area contributed by atoms with Gasteiger partial charge in [0.25, 0.3) is 0 Å². The van der Waals surface area contributed by atoms with Crippen molar-refractivity contribution < 1.29 is 38.1 Å². The van der Waals surface area contributed by atoms with Crippen LogP contribution in [0.25, 0.3) is 0 Å². The van der Waals surface area contributed by atoms with Crippen LogP contribution in [0.1, 0.15) is 179 Å². The molecule has 10 nitrogen and oxygen atoms in total. The molecule has 316 valence electrons. The number of rotatable bonds is 34. The van der Waals surface area contributed by atoms with Crippen molar-refractivity contribution in [2.24, 2.45) is 0 Å². The zero-order valence-corrected chi connectivity index (χ0v) is 35.3. The molecule has 1 heterocycles. The van der Waals surface area contributed by atoms with Gasteiger partial charge in [0.2, 0.25) is 0 Å². The molecule has 1 aromatic rings. The summed E-state index contributed by atoms with van der Waals surface area (Å²) < 4.78 is 29.2. The van der Waals surface area contributed by atoms with Crippen LogP contribution in [-0.4, -0.2) is 74.7 Å². The second kappa shape index (κ2) is 32.4. The van der Waals surface area contributed by atoms with Gasteiger partial charge in [0, 0.05) is 39.1 Å². The highest BCUT2D eigenvalue weighted by Crippen LogP contribution is 2.17. The number of carbonyl (C=O) groups excluding carboxylic acids is 3. The molecule has 0 radical (unpaired) electrons. The fourth-order valence-corrected chi connectivity index (χ4v) is 6.91. The number of nitrogens with zero attached hydrogens (tertiary/aromatic N) is 1. The lowest BCUT2D eigenvalue weighted by molar-refractivity contribution is -0.160. The number of benzene rings is 1. The Balaban J connectivity index is 1.76. The average Bonchev–Trinajstić information content (AvgIpc) is 3.70. The first-order valence-corrected chi connectivity index (χ1v) is 22.1. The van der Waals surface area contributed by atoms with Crippen molar-refractivity contribution in [3.63, 3.8) is 0 Å². The van der Waals surface area contributed by atoms with Crippen LogP contribution in [0.3, 0.4) is 0 Å². The van der Waals surface area contributed by atoms with E-state index in [-0.39, 0.29) is 44.1 Å². The van der Waals surface area contributed by atoms with Crippen molar-refractivity contribution in [2.75, 3.05) is 39.4 Å². The third-order valence-electron chi connectivity index (χ3n) is 10.2. The van der Waals surface area contributed by atoms with E-state index >= 15 is 0 Å². The smallest absolute Gasteiger partial charge is 0.407 e. The molecule has 1 atom stereocenters. The molecule has 1 aromatic carbocycles. The van der Waals surface area contributed by atoms with E-state index < -0.39 is 12.4 Å². The van der Waals surface area contributed by atoms with E-state index in [2.05, 4.69) is 31.0 Å². The monoisotopic (exact) mass is 775 g/mol. The van der Waals surface area contributed by atoms with Crippen molar-refractivity contribution in [3.05, 3.63) is 34.9 Å². The molecule has 0 bridgehead atoms. The van der Waals surface area contributed by atoms with Crippen LogP contribution in [0, 0.1) is 6.92 Å². The minimum absolute atomic E-state index is 0.118. The number of carbonyl (C=O) groups is 3. The lowest BCUT2D eigenvalue weighted by atomic mass is 10.1. The SMILES string of the molecule is CCCCCCCCOC(CCC(=O)OCc1cc(C)cc(COC(=O)CCC(CCCCC)OC(=O)NCCN2CCCC2)c1)OCCCCCCCC. The van der Waals surface area contributed by atoms with Crippen LogP contribution in [-0.2, 0) is 46.5 Å². The van der Waals surface area contributed by atoms with E-state index in [0.29, 0.717) is 32.6 Å². The highest BCUT2D eigenvalue weighted by Gasteiger charge is 2.18. The van der Waals surface area contributed by atoms with Gasteiger partial charge in [-0.05, 0) is 82.2 Å². The Bertz CT molecular complexity index is 1120. The molecular weight excluding hydrogens is 697 g/mol. The number of hydrogen-bond acceptors (Lipinski definition) is 9. The average molecular weight is 775 g/mol. The summed E-state index contributed by atoms with van der Waals surface area (Å²) in [5, 5.41) is 2.87. The fraction of sp³-hybridized carbons (Fsp3) is 0.800. The number of likely N-dealkylation sites (tertiary alicyclic amines) is 1. The highest BCUT2D eigenvalue weighted by atomic mass is 16.7. The van der Waals surface area contributed by atoms with Crippen molar-refractivity contribution in [1.29, 1.82) is 0 Å². The number of esters is 2. The summed E-state index contributed by atoms with van der Waals surface area (Å²) in [6, 6.07) is 5.85. The van der Waals surface area contributed by atoms with Gasteiger partial charge in [0.15, 0.2) is 6.29 Å². The van der Waals surface area contributed by atoms with Crippen LogP contribution < -0.4 is 5.32 Å². The molecule has 1 fully saturated rings. The molecule has 0 aromatic heterocycles. The van der Waals surface area contributed by atoms with E-state index in [0.717, 1.165) is 87.7 Å². The molecule has 1 saturated heterocycles. The summed E-state index contributed by atoms with van der Waals surface area (Å²) in [5.41, 5.74) is 2.67. The van der Waals surface area contributed by atoms with Crippen LogP contribution in [0.2, 0.25) is 0 Å². The summed E-state index contributed by atoms with van der Waals surface area (Å²) in [6.07, 6.45) is 20.7. The van der Waals surface area contributed by atoms with Crippen molar-refractivity contribution in [1.82, 2.24) is 10.2 Å². The quantitative estimate of drug-likeness (QED) is 0.0316. The Morgan fingerprint density at radius 2 is 1.16 bits per heavy atom. The van der Waals surface area contributed by atoms with Gasteiger partial charge in [0.1, 0.15) is 19.3 Å². The molecule has 2 rings (SSSR count). The molecule has 1 amide bonds. The largest absolute Gasteiger partial charge is 0.461 e. The number of amides is 1. The van der Waals surface area contributed by atoms with E-state index in [1.165, 1.54) is 64.2 Å². The van der Waals surface area contributed by atoms with E-state index in [1.54, 1.807) is 0 Å². The first-order chi connectivity index (χ1) is 26.8. The van der Waals surface area contributed by atoms with Gasteiger partial charge in [0.05, 0.1) is 6.42 Å². The lowest BCUT2D eigenvalue weighted by Gasteiger charge is -2.19. The minimum Gasteiger partial charge on any atom is -0.461 e. The number of hydrogen-bond donors (Lipinski definition) is 1. The third-order valence-corrected chi connectivity index (χ3v) is 10.2. The zero-order valence-electron chi connectivity index (χ0n) is 35.3. The van der Waals surface area contributed by atoms with Crippen LogP contribution >= 0.6 is 0 Å². The van der Waals surface area contributed by atoms with Gasteiger partial charge in [-0.25, -0.2) is 4.79 Å². The van der Waals surface area contributed by atoms with Crippen LogP contribution in [0.4, 0.5) is 4.79 Å². The summed E-state index contributed by atoms with van der Waals surface area (Å²) in [7, 11) is 0. The Hall–Kier alpha value is -2.69. The van der Waals surface area contributed by atoms with E-state index in [1.807, 2.05) is 25.1 Å². The maximum absolute atomic E-state index is 12.8. The molecule has 0 spiro atoms. The Labute approximate surface area is 334 Å². The first-order valence-electron chi connectivity index (χ1n) is 22.1. The number of nitrogens with one attached hydrogen (secondary N) is 1. The zero-order chi connectivity index (χ0) is 39.8. The van der Waals surface area contributed by atoms with Gasteiger partial charge in [-0.3, -0.25) is 9.59 Å². The second-order valence-electron chi connectivity index (χ2n) is 15.4. The Morgan fingerprint density at radius 1 is 0.655 bits per heavy atom. The number of aryl methyl sites for hydroxylation is 1. The molecule has 55 heavy (non-hydrogen) atoms. The Morgan fingerprint density at radius 3 is 1.73 bits per heavy atom.